The van der Waals surface area contributed by atoms with Crippen LogP contribution in [0.4, 0.5) is 0 Å². The lowest BCUT2D eigenvalue weighted by Gasteiger charge is -2.16. The van der Waals surface area contributed by atoms with E-state index >= 15 is 0 Å². The van der Waals surface area contributed by atoms with Gasteiger partial charge in [0.25, 0.3) is 0 Å². The smallest absolute Gasteiger partial charge is 0.221 e. The highest BCUT2D eigenvalue weighted by Gasteiger charge is 2.21. The zero-order valence-corrected chi connectivity index (χ0v) is 9.57. The summed E-state index contributed by atoms with van der Waals surface area (Å²) in [4.78, 5) is 11.0. The predicted molar refractivity (Wildman–Crippen MR) is 64.3 cm³/mol. The number of carbonyl (C=O) groups excluding carboxylic acids is 1. The van der Waals surface area contributed by atoms with Crippen molar-refractivity contribution in [1.82, 2.24) is 10.6 Å². The van der Waals surface area contributed by atoms with Crippen LogP contribution in [-0.2, 0) is 4.79 Å². The molecule has 1 aromatic rings. The van der Waals surface area contributed by atoms with Crippen LogP contribution >= 0.6 is 0 Å². The Morgan fingerprint density at radius 1 is 1.44 bits per heavy atom. The standard InChI is InChI=1S/C13H18N2O/c1-10(11-5-3-2-4-6-11)8-14-12-7-13(16)15-9-12/h2-6,10,12,14H,7-9H2,1H3,(H,15,16). The molecule has 1 fully saturated rings. The first-order valence-corrected chi connectivity index (χ1v) is 5.80. The van der Waals surface area contributed by atoms with Gasteiger partial charge in [-0.05, 0) is 11.5 Å². The summed E-state index contributed by atoms with van der Waals surface area (Å²) in [5.41, 5.74) is 1.34. The second-order valence-corrected chi connectivity index (χ2v) is 4.43. The molecule has 3 heteroatoms. The maximum Gasteiger partial charge on any atom is 0.221 e. The molecule has 3 nitrogen and oxygen atoms in total. The maximum absolute atomic E-state index is 11.0. The fourth-order valence-electron chi connectivity index (χ4n) is 1.99. The van der Waals surface area contributed by atoms with Gasteiger partial charge in [-0.15, -0.1) is 0 Å². The van der Waals surface area contributed by atoms with E-state index in [2.05, 4.69) is 41.8 Å². The van der Waals surface area contributed by atoms with Crippen molar-refractivity contribution in [2.75, 3.05) is 13.1 Å². The van der Waals surface area contributed by atoms with Crippen molar-refractivity contribution in [2.24, 2.45) is 0 Å². The van der Waals surface area contributed by atoms with E-state index < -0.39 is 0 Å². The molecule has 2 unspecified atom stereocenters. The van der Waals surface area contributed by atoms with E-state index in [9.17, 15) is 4.79 Å². The lowest BCUT2D eigenvalue weighted by atomic mass is 10.0. The number of nitrogens with one attached hydrogen (secondary N) is 2. The van der Waals surface area contributed by atoms with Crippen LogP contribution in [0.3, 0.4) is 0 Å². The molecule has 0 radical (unpaired) electrons. The fraction of sp³-hybridized carbons (Fsp3) is 0.462. The Balaban J connectivity index is 1.80. The number of carbonyl (C=O) groups is 1. The van der Waals surface area contributed by atoms with Crippen LogP contribution in [0.15, 0.2) is 30.3 Å². The lowest BCUT2D eigenvalue weighted by Crippen LogP contribution is -2.33. The Bertz CT molecular complexity index is 350. The van der Waals surface area contributed by atoms with E-state index in [-0.39, 0.29) is 5.91 Å². The first kappa shape index (κ1) is 11.1. The van der Waals surface area contributed by atoms with Crippen LogP contribution in [0.5, 0.6) is 0 Å². The lowest BCUT2D eigenvalue weighted by molar-refractivity contribution is -0.119. The molecule has 1 saturated heterocycles. The van der Waals surface area contributed by atoms with Gasteiger partial charge < -0.3 is 10.6 Å². The Morgan fingerprint density at radius 2 is 2.19 bits per heavy atom. The molecule has 1 amide bonds. The van der Waals surface area contributed by atoms with Crippen LogP contribution in [0, 0.1) is 0 Å². The van der Waals surface area contributed by atoms with Crippen molar-refractivity contribution in [3.05, 3.63) is 35.9 Å². The van der Waals surface area contributed by atoms with Crippen LogP contribution in [0.1, 0.15) is 24.8 Å². The van der Waals surface area contributed by atoms with Crippen LogP contribution in [-0.4, -0.2) is 25.0 Å². The van der Waals surface area contributed by atoms with Crippen molar-refractivity contribution in [2.45, 2.75) is 25.3 Å². The Morgan fingerprint density at radius 3 is 2.81 bits per heavy atom. The highest BCUT2D eigenvalue weighted by Crippen LogP contribution is 2.13. The van der Waals surface area contributed by atoms with Gasteiger partial charge in [-0.1, -0.05) is 37.3 Å². The summed E-state index contributed by atoms with van der Waals surface area (Å²) in [7, 11) is 0. The molecule has 2 rings (SSSR count). The second-order valence-electron chi connectivity index (χ2n) is 4.43. The van der Waals surface area contributed by atoms with Gasteiger partial charge in [0.1, 0.15) is 0 Å². The monoisotopic (exact) mass is 218 g/mol. The Labute approximate surface area is 96.2 Å². The number of amides is 1. The van der Waals surface area contributed by atoms with Crippen LogP contribution in [0.25, 0.3) is 0 Å². The van der Waals surface area contributed by atoms with Crippen LogP contribution in [0.2, 0.25) is 0 Å². The highest BCUT2D eigenvalue weighted by atomic mass is 16.1. The van der Waals surface area contributed by atoms with Gasteiger partial charge in [0.05, 0.1) is 0 Å². The fourth-order valence-corrected chi connectivity index (χ4v) is 1.99. The van der Waals surface area contributed by atoms with Gasteiger partial charge in [0, 0.05) is 25.6 Å². The number of benzene rings is 1. The summed E-state index contributed by atoms with van der Waals surface area (Å²) in [6.07, 6.45) is 0.613. The largest absolute Gasteiger partial charge is 0.354 e. The molecule has 1 aromatic carbocycles. The molecular formula is C13H18N2O. The normalized spacial score (nSPS) is 21.8. The molecule has 2 N–H and O–H groups in total. The summed E-state index contributed by atoms with van der Waals surface area (Å²) in [6, 6.07) is 10.7. The van der Waals surface area contributed by atoms with Crippen molar-refractivity contribution in [3.63, 3.8) is 0 Å². The summed E-state index contributed by atoms with van der Waals surface area (Å²) in [6.45, 7) is 3.89. The van der Waals surface area contributed by atoms with Gasteiger partial charge in [-0.2, -0.15) is 0 Å². The minimum absolute atomic E-state index is 0.157. The number of rotatable bonds is 4. The summed E-state index contributed by atoms with van der Waals surface area (Å²) in [5, 5.41) is 6.26. The van der Waals surface area contributed by atoms with E-state index in [1.165, 1.54) is 5.56 Å². The molecule has 0 aromatic heterocycles. The molecule has 1 aliphatic rings. The van der Waals surface area contributed by atoms with Crippen molar-refractivity contribution in [1.29, 1.82) is 0 Å². The van der Waals surface area contributed by atoms with Crippen molar-refractivity contribution in [3.8, 4) is 0 Å². The predicted octanol–water partition coefficient (Wildman–Crippen LogP) is 1.27. The Kier molecular flexibility index (Phi) is 3.57. The van der Waals surface area contributed by atoms with E-state index in [0.717, 1.165) is 13.1 Å². The zero-order valence-electron chi connectivity index (χ0n) is 9.57. The Hall–Kier alpha value is -1.35. The molecule has 0 bridgehead atoms. The summed E-state index contributed by atoms with van der Waals surface area (Å²) in [5.74, 6) is 0.641. The number of hydrogen-bond acceptors (Lipinski definition) is 2. The molecule has 86 valence electrons. The molecule has 2 atom stereocenters. The molecule has 1 aliphatic heterocycles. The molecular weight excluding hydrogens is 200 g/mol. The molecule has 16 heavy (non-hydrogen) atoms. The second kappa shape index (κ2) is 5.12. The summed E-state index contributed by atoms with van der Waals surface area (Å²) >= 11 is 0. The molecule has 0 saturated carbocycles. The average molecular weight is 218 g/mol. The average Bonchev–Trinajstić information content (AvgIpc) is 2.73. The highest BCUT2D eigenvalue weighted by molar-refractivity contribution is 5.78. The third kappa shape index (κ3) is 2.83. The van der Waals surface area contributed by atoms with Crippen LogP contribution < -0.4 is 10.6 Å². The van der Waals surface area contributed by atoms with E-state index in [1.807, 2.05) is 6.07 Å². The number of hydrogen-bond donors (Lipinski definition) is 2. The first-order chi connectivity index (χ1) is 7.75. The molecule has 1 heterocycles. The molecule has 0 spiro atoms. The van der Waals surface area contributed by atoms with Gasteiger partial charge in [-0.25, -0.2) is 0 Å². The zero-order chi connectivity index (χ0) is 11.4. The SMILES string of the molecule is CC(CNC1CNC(=O)C1)c1ccccc1. The topological polar surface area (TPSA) is 41.1 Å². The van der Waals surface area contributed by atoms with E-state index in [4.69, 9.17) is 0 Å². The van der Waals surface area contributed by atoms with Crippen molar-refractivity contribution >= 4 is 5.91 Å². The van der Waals surface area contributed by atoms with E-state index in [1.54, 1.807) is 0 Å². The van der Waals surface area contributed by atoms with Gasteiger partial charge in [0.15, 0.2) is 0 Å². The van der Waals surface area contributed by atoms with Gasteiger partial charge in [0.2, 0.25) is 5.91 Å². The van der Waals surface area contributed by atoms with E-state index in [0.29, 0.717) is 18.4 Å². The third-order valence-corrected chi connectivity index (χ3v) is 3.06. The summed E-state index contributed by atoms with van der Waals surface area (Å²) < 4.78 is 0. The minimum atomic E-state index is 0.157. The van der Waals surface area contributed by atoms with Gasteiger partial charge in [-0.3, -0.25) is 4.79 Å². The quantitative estimate of drug-likeness (QED) is 0.799. The molecule has 0 aliphatic carbocycles. The first-order valence-electron chi connectivity index (χ1n) is 5.80. The van der Waals surface area contributed by atoms with Crippen molar-refractivity contribution < 1.29 is 4.79 Å². The minimum Gasteiger partial charge on any atom is -0.354 e. The van der Waals surface area contributed by atoms with Gasteiger partial charge >= 0.3 is 0 Å². The third-order valence-electron chi connectivity index (χ3n) is 3.06. The maximum atomic E-state index is 11.0.